The monoisotopic (exact) mass is 314 g/mol. The minimum Gasteiger partial charge on any atom is -0.464 e. The van der Waals surface area contributed by atoms with Crippen LogP contribution in [0.4, 0.5) is 16.3 Å². The first kappa shape index (κ1) is 16.0. The molecule has 2 heterocycles. The van der Waals surface area contributed by atoms with Crippen molar-refractivity contribution >= 4 is 17.6 Å². The fraction of sp³-hybridized carbons (Fsp3) is 0.636. The summed E-state index contributed by atoms with van der Waals surface area (Å²) >= 11 is 0. The average molecular weight is 314 g/mol. The first-order valence-electron chi connectivity index (χ1n) is 6.72. The molecule has 0 aromatic carbocycles. The zero-order valence-electron chi connectivity index (χ0n) is 12.0. The van der Waals surface area contributed by atoms with E-state index < -0.39 is 17.1 Å². The number of carboxylic acid groups (broad SMARTS) is 1. The van der Waals surface area contributed by atoms with Gasteiger partial charge in [-0.15, -0.1) is 0 Å². The SMILES string of the molecule is Cn1ncc([N+](=O)[O-])c1N1CCC(NNC(=O)O)CC(O)C1. The second-order valence-electron chi connectivity index (χ2n) is 5.13. The average Bonchev–Trinajstić information content (AvgIpc) is 2.71. The Balaban J connectivity index is 2.12. The Morgan fingerprint density at radius 1 is 1.59 bits per heavy atom. The minimum atomic E-state index is -1.21. The van der Waals surface area contributed by atoms with Gasteiger partial charge in [-0.1, -0.05) is 0 Å². The largest absolute Gasteiger partial charge is 0.464 e. The Morgan fingerprint density at radius 3 is 2.95 bits per heavy atom. The van der Waals surface area contributed by atoms with Gasteiger partial charge in [0.25, 0.3) is 0 Å². The summed E-state index contributed by atoms with van der Waals surface area (Å²) in [6, 6.07) is -0.261. The summed E-state index contributed by atoms with van der Waals surface area (Å²) in [6.07, 6.45) is 0.0686. The molecule has 2 unspecified atom stereocenters. The Labute approximate surface area is 125 Å². The number of nitrogens with one attached hydrogen (secondary N) is 2. The van der Waals surface area contributed by atoms with Gasteiger partial charge in [-0.25, -0.2) is 14.9 Å². The van der Waals surface area contributed by atoms with Crippen LogP contribution >= 0.6 is 0 Å². The van der Waals surface area contributed by atoms with Gasteiger partial charge in [0.1, 0.15) is 6.20 Å². The normalized spacial score (nSPS) is 22.2. The number of hydrogen-bond donors (Lipinski definition) is 4. The summed E-state index contributed by atoms with van der Waals surface area (Å²) in [5.74, 6) is 0.330. The highest BCUT2D eigenvalue weighted by atomic mass is 16.6. The molecule has 0 spiro atoms. The van der Waals surface area contributed by atoms with Gasteiger partial charge >= 0.3 is 11.8 Å². The van der Waals surface area contributed by atoms with Crippen molar-refractivity contribution in [1.82, 2.24) is 20.6 Å². The number of β-amino-alcohol motifs (C(OH)–C–C–N with tert-alkyl or cyclic N) is 1. The van der Waals surface area contributed by atoms with Gasteiger partial charge in [0.05, 0.1) is 11.0 Å². The third kappa shape index (κ3) is 3.62. The molecule has 122 valence electrons. The first-order chi connectivity index (χ1) is 10.4. The molecule has 0 radical (unpaired) electrons. The lowest BCUT2D eigenvalue weighted by Gasteiger charge is -2.23. The van der Waals surface area contributed by atoms with E-state index in [4.69, 9.17) is 5.11 Å². The van der Waals surface area contributed by atoms with Crippen molar-refractivity contribution in [3.8, 4) is 0 Å². The van der Waals surface area contributed by atoms with Crippen LogP contribution in [-0.2, 0) is 7.05 Å². The molecule has 2 rings (SSSR count). The number of aromatic nitrogens is 2. The summed E-state index contributed by atoms with van der Waals surface area (Å²) in [5.41, 5.74) is 4.56. The Morgan fingerprint density at radius 2 is 2.32 bits per heavy atom. The third-order valence-corrected chi connectivity index (χ3v) is 3.50. The second-order valence-corrected chi connectivity index (χ2v) is 5.13. The van der Waals surface area contributed by atoms with E-state index in [0.29, 0.717) is 25.2 Å². The third-order valence-electron chi connectivity index (χ3n) is 3.50. The maximum absolute atomic E-state index is 11.1. The van der Waals surface area contributed by atoms with Crippen LogP contribution in [0.3, 0.4) is 0 Å². The number of nitrogens with zero attached hydrogens (tertiary/aromatic N) is 4. The highest BCUT2D eigenvalue weighted by Crippen LogP contribution is 2.29. The highest BCUT2D eigenvalue weighted by Gasteiger charge is 2.30. The molecule has 1 aliphatic heterocycles. The number of hydrazine groups is 1. The number of carbonyl (C=O) groups is 1. The molecule has 11 heteroatoms. The number of nitro groups is 1. The minimum absolute atomic E-state index is 0.121. The number of aliphatic hydroxyl groups excluding tert-OH is 1. The summed E-state index contributed by atoms with van der Waals surface area (Å²) in [6.45, 7) is 0.641. The van der Waals surface area contributed by atoms with Crippen molar-refractivity contribution < 1.29 is 19.9 Å². The van der Waals surface area contributed by atoms with Crippen LogP contribution in [0.1, 0.15) is 12.8 Å². The first-order valence-corrected chi connectivity index (χ1v) is 6.72. The van der Waals surface area contributed by atoms with Gasteiger partial charge in [-0.05, 0) is 12.8 Å². The standard InChI is InChI=1S/C11H18N6O5/c1-15-10(9(5-12-15)17(21)22)16-3-2-7(4-8(18)6-16)13-14-11(19)20/h5,7-8,13-14,18H,2-4,6H2,1H3,(H,19,20). The molecular weight excluding hydrogens is 296 g/mol. The van der Waals surface area contributed by atoms with Crippen LogP contribution in [0.5, 0.6) is 0 Å². The molecular formula is C11H18N6O5. The Bertz CT molecular complexity index is 561. The van der Waals surface area contributed by atoms with Crippen molar-refractivity contribution in [2.24, 2.45) is 7.05 Å². The summed E-state index contributed by atoms with van der Waals surface area (Å²) < 4.78 is 1.40. The van der Waals surface area contributed by atoms with Crippen molar-refractivity contribution in [1.29, 1.82) is 0 Å². The Hall–Kier alpha value is -2.40. The van der Waals surface area contributed by atoms with E-state index in [2.05, 4.69) is 16.0 Å². The van der Waals surface area contributed by atoms with Crippen LogP contribution in [0.25, 0.3) is 0 Å². The summed E-state index contributed by atoms with van der Waals surface area (Å²) in [5, 5.41) is 33.6. The van der Waals surface area contributed by atoms with Gasteiger partial charge in [-0.2, -0.15) is 5.10 Å². The van der Waals surface area contributed by atoms with Crippen molar-refractivity contribution in [3.05, 3.63) is 16.3 Å². The molecule has 1 aromatic rings. The maximum atomic E-state index is 11.1. The topological polar surface area (TPSA) is 146 Å². The lowest BCUT2D eigenvalue weighted by Crippen LogP contribution is -2.44. The number of amides is 1. The van der Waals surface area contributed by atoms with Crippen molar-refractivity contribution in [2.45, 2.75) is 25.0 Å². The fourth-order valence-electron chi connectivity index (χ4n) is 2.58. The molecule has 1 saturated heterocycles. The van der Waals surface area contributed by atoms with Gasteiger partial charge in [0.15, 0.2) is 0 Å². The smallest absolute Gasteiger partial charge is 0.419 e. The molecule has 1 fully saturated rings. The van der Waals surface area contributed by atoms with E-state index in [1.165, 1.54) is 10.9 Å². The zero-order chi connectivity index (χ0) is 16.3. The quantitative estimate of drug-likeness (QED) is 0.427. The van der Waals surface area contributed by atoms with Crippen LogP contribution < -0.4 is 15.8 Å². The molecule has 0 bridgehead atoms. The molecule has 1 aliphatic rings. The van der Waals surface area contributed by atoms with E-state index in [0.717, 1.165) is 0 Å². The van der Waals surface area contributed by atoms with Crippen LogP contribution in [0.2, 0.25) is 0 Å². The van der Waals surface area contributed by atoms with E-state index in [1.54, 1.807) is 11.9 Å². The van der Waals surface area contributed by atoms with E-state index >= 15 is 0 Å². The fourth-order valence-corrected chi connectivity index (χ4v) is 2.58. The summed E-state index contributed by atoms with van der Waals surface area (Å²) in [4.78, 5) is 22.7. The van der Waals surface area contributed by atoms with E-state index in [-0.39, 0.29) is 18.3 Å². The van der Waals surface area contributed by atoms with E-state index in [1.807, 2.05) is 0 Å². The molecule has 4 N–H and O–H groups in total. The molecule has 11 nitrogen and oxygen atoms in total. The molecule has 0 aliphatic carbocycles. The van der Waals surface area contributed by atoms with Gasteiger partial charge < -0.3 is 15.1 Å². The van der Waals surface area contributed by atoms with Gasteiger partial charge in [0, 0.05) is 26.2 Å². The number of aryl methyl sites for hydroxylation is 1. The van der Waals surface area contributed by atoms with Crippen LogP contribution in [-0.4, -0.2) is 56.2 Å². The number of anilines is 1. The second kappa shape index (κ2) is 6.58. The van der Waals surface area contributed by atoms with Crippen LogP contribution in [0, 0.1) is 10.1 Å². The summed E-state index contributed by atoms with van der Waals surface area (Å²) in [7, 11) is 1.60. The number of rotatable bonds is 4. The van der Waals surface area contributed by atoms with Crippen molar-refractivity contribution in [3.63, 3.8) is 0 Å². The maximum Gasteiger partial charge on any atom is 0.419 e. The molecule has 0 saturated carbocycles. The molecule has 1 amide bonds. The molecule has 2 atom stereocenters. The highest BCUT2D eigenvalue weighted by molar-refractivity contribution is 5.63. The number of hydrogen-bond acceptors (Lipinski definition) is 7. The predicted molar refractivity (Wildman–Crippen MR) is 75.4 cm³/mol. The predicted octanol–water partition coefficient (Wildman–Crippen LogP) is -0.570. The van der Waals surface area contributed by atoms with Crippen molar-refractivity contribution in [2.75, 3.05) is 18.0 Å². The van der Waals surface area contributed by atoms with Gasteiger partial charge in [-0.3, -0.25) is 15.5 Å². The lowest BCUT2D eigenvalue weighted by atomic mass is 10.1. The lowest BCUT2D eigenvalue weighted by molar-refractivity contribution is -0.384. The molecule has 1 aromatic heterocycles. The number of aliphatic hydroxyl groups is 1. The zero-order valence-corrected chi connectivity index (χ0v) is 12.0. The van der Waals surface area contributed by atoms with Crippen LogP contribution in [0.15, 0.2) is 6.20 Å². The Kier molecular flexibility index (Phi) is 4.78. The van der Waals surface area contributed by atoms with E-state index in [9.17, 15) is 20.0 Å². The van der Waals surface area contributed by atoms with Gasteiger partial charge in [0.2, 0.25) is 5.82 Å². The molecule has 22 heavy (non-hydrogen) atoms.